The van der Waals surface area contributed by atoms with Gasteiger partial charge in [0.25, 0.3) is 5.91 Å². The van der Waals surface area contributed by atoms with Crippen molar-refractivity contribution in [3.05, 3.63) is 30.3 Å². The van der Waals surface area contributed by atoms with E-state index in [0.29, 0.717) is 37.1 Å². The third kappa shape index (κ3) is 3.73. The fourth-order valence-corrected chi connectivity index (χ4v) is 4.39. The highest BCUT2D eigenvalue weighted by Gasteiger charge is 2.35. The normalized spacial score (nSPS) is 21.8. The zero-order chi connectivity index (χ0) is 16.4. The Hall–Kier alpha value is -1.44. The molecule has 1 atom stereocenters. The number of quaternary nitrogens is 1. The highest BCUT2D eigenvalue weighted by Crippen LogP contribution is 2.18. The fraction of sp³-hybridized carbons (Fsp3) is 0.562. The standard InChI is InChI=1S/C16H23N3O3S/c1-13(16(20)17-14-7-8-14)18-9-11-19(12-10-18)23(21,22)15-5-3-2-4-6-15/h2-6,13-14H,7-12H2,1H3,(H,17,20)/p+1/t13-/m0/s1. The summed E-state index contributed by atoms with van der Waals surface area (Å²) < 4.78 is 26.7. The first kappa shape index (κ1) is 16.4. The number of hydrogen-bond donors (Lipinski definition) is 2. The Balaban J connectivity index is 1.58. The van der Waals surface area contributed by atoms with Crippen LogP contribution < -0.4 is 10.2 Å². The third-order valence-corrected chi connectivity index (χ3v) is 6.59. The van der Waals surface area contributed by atoms with E-state index >= 15 is 0 Å². The average molecular weight is 338 g/mol. The predicted octanol–water partition coefficient (Wildman–Crippen LogP) is -0.757. The molecule has 0 unspecified atom stereocenters. The number of nitrogens with one attached hydrogen (secondary N) is 2. The number of hydrogen-bond acceptors (Lipinski definition) is 3. The molecule has 1 aromatic rings. The molecule has 23 heavy (non-hydrogen) atoms. The van der Waals surface area contributed by atoms with Crippen molar-refractivity contribution in [3.8, 4) is 0 Å². The van der Waals surface area contributed by atoms with Gasteiger partial charge >= 0.3 is 0 Å². The van der Waals surface area contributed by atoms with Crippen molar-refractivity contribution >= 4 is 15.9 Å². The van der Waals surface area contributed by atoms with E-state index in [0.717, 1.165) is 17.7 Å². The van der Waals surface area contributed by atoms with Crippen LogP contribution >= 0.6 is 0 Å². The molecule has 1 aliphatic heterocycles. The number of piperazine rings is 1. The van der Waals surface area contributed by atoms with E-state index in [9.17, 15) is 13.2 Å². The van der Waals surface area contributed by atoms with Crippen LogP contribution in [0.4, 0.5) is 0 Å². The Kier molecular flexibility index (Phi) is 4.70. The number of sulfonamides is 1. The van der Waals surface area contributed by atoms with E-state index in [1.165, 1.54) is 4.31 Å². The number of carbonyl (C=O) groups excluding carboxylic acids is 1. The number of carbonyl (C=O) groups is 1. The molecule has 0 spiro atoms. The number of rotatable bonds is 5. The average Bonchev–Trinajstić information content (AvgIpc) is 3.39. The minimum atomic E-state index is -3.42. The van der Waals surface area contributed by atoms with Gasteiger partial charge < -0.3 is 10.2 Å². The maximum atomic E-state index is 12.6. The molecule has 0 bridgehead atoms. The van der Waals surface area contributed by atoms with Crippen LogP contribution in [0.25, 0.3) is 0 Å². The highest BCUT2D eigenvalue weighted by atomic mass is 32.2. The van der Waals surface area contributed by atoms with Gasteiger partial charge in [-0.2, -0.15) is 4.31 Å². The molecular weight excluding hydrogens is 314 g/mol. The van der Waals surface area contributed by atoms with E-state index in [2.05, 4.69) is 5.32 Å². The second kappa shape index (κ2) is 6.59. The molecular formula is C16H24N3O3S+. The van der Waals surface area contributed by atoms with Crippen molar-refractivity contribution < 1.29 is 18.1 Å². The quantitative estimate of drug-likeness (QED) is 0.742. The molecule has 2 fully saturated rings. The minimum absolute atomic E-state index is 0.0851. The Labute approximate surface area is 137 Å². The van der Waals surface area contributed by atoms with Gasteiger partial charge in [-0.25, -0.2) is 8.42 Å². The SMILES string of the molecule is C[C@@H](C(=O)NC1CC1)[NH+]1CCN(S(=O)(=O)c2ccccc2)CC1. The van der Waals surface area contributed by atoms with E-state index in [-0.39, 0.29) is 11.9 Å². The summed E-state index contributed by atoms with van der Waals surface area (Å²) >= 11 is 0. The minimum Gasteiger partial charge on any atom is -0.348 e. The fourth-order valence-electron chi connectivity index (χ4n) is 2.93. The lowest BCUT2D eigenvalue weighted by Crippen LogP contribution is -3.19. The Morgan fingerprint density at radius 3 is 2.39 bits per heavy atom. The molecule has 1 amide bonds. The lowest BCUT2D eigenvalue weighted by atomic mass is 10.2. The van der Waals surface area contributed by atoms with Gasteiger partial charge in [0.05, 0.1) is 31.1 Å². The zero-order valence-electron chi connectivity index (χ0n) is 13.4. The Morgan fingerprint density at radius 1 is 1.22 bits per heavy atom. The summed E-state index contributed by atoms with van der Waals surface area (Å²) in [4.78, 5) is 13.6. The van der Waals surface area contributed by atoms with Crippen LogP contribution in [0.3, 0.4) is 0 Å². The van der Waals surface area contributed by atoms with E-state index < -0.39 is 10.0 Å². The molecule has 7 heteroatoms. The van der Waals surface area contributed by atoms with Gasteiger partial charge in [-0.05, 0) is 31.9 Å². The largest absolute Gasteiger partial charge is 0.348 e. The predicted molar refractivity (Wildman–Crippen MR) is 86.5 cm³/mol. The smallest absolute Gasteiger partial charge is 0.278 e. The first-order valence-electron chi connectivity index (χ1n) is 8.18. The number of amides is 1. The lowest BCUT2D eigenvalue weighted by Gasteiger charge is -2.34. The van der Waals surface area contributed by atoms with E-state index in [4.69, 9.17) is 0 Å². The molecule has 6 nitrogen and oxygen atoms in total. The molecule has 1 aromatic carbocycles. The molecule has 1 heterocycles. The summed E-state index contributed by atoms with van der Waals surface area (Å²) in [5.41, 5.74) is 0. The molecule has 0 radical (unpaired) electrons. The van der Waals surface area contributed by atoms with Gasteiger partial charge in [0.2, 0.25) is 10.0 Å². The molecule has 1 saturated heterocycles. The first-order valence-corrected chi connectivity index (χ1v) is 9.62. The van der Waals surface area contributed by atoms with Crippen LogP contribution in [0.15, 0.2) is 35.2 Å². The number of nitrogens with zero attached hydrogens (tertiary/aromatic N) is 1. The molecule has 126 valence electrons. The maximum absolute atomic E-state index is 12.6. The monoisotopic (exact) mass is 338 g/mol. The van der Waals surface area contributed by atoms with Crippen LogP contribution in [-0.2, 0) is 14.8 Å². The molecule has 2 aliphatic rings. The highest BCUT2D eigenvalue weighted by molar-refractivity contribution is 7.89. The summed E-state index contributed by atoms with van der Waals surface area (Å²) in [7, 11) is -3.42. The molecule has 1 aliphatic carbocycles. The van der Waals surface area contributed by atoms with Crippen LogP contribution in [-0.4, -0.2) is 56.9 Å². The topological polar surface area (TPSA) is 70.9 Å². The maximum Gasteiger partial charge on any atom is 0.278 e. The zero-order valence-corrected chi connectivity index (χ0v) is 14.2. The van der Waals surface area contributed by atoms with E-state index in [1.807, 2.05) is 6.92 Å². The van der Waals surface area contributed by atoms with Crippen molar-refractivity contribution in [3.63, 3.8) is 0 Å². The molecule has 1 saturated carbocycles. The van der Waals surface area contributed by atoms with Crippen LogP contribution in [0, 0.1) is 0 Å². The van der Waals surface area contributed by atoms with Gasteiger partial charge in [-0.1, -0.05) is 18.2 Å². The summed E-state index contributed by atoms with van der Waals surface area (Å²) in [5.74, 6) is 0.0851. The summed E-state index contributed by atoms with van der Waals surface area (Å²) in [6.45, 7) is 4.15. The first-order chi connectivity index (χ1) is 11.0. The van der Waals surface area contributed by atoms with Crippen LogP contribution in [0.2, 0.25) is 0 Å². The van der Waals surface area contributed by atoms with Gasteiger partial charge in [0.1, 0.15) is 0 Å². The van der Waals surface area contributed by atoms with Crippen molar-refractivity contribution in [2.45, 2.75) is 36.7 Å². The summed E-state index contributed by atoms with van der Waals surface area (Å²) in [6.07, 6.45) is 2.16. The van der Waals surface area contributed by atoms with E-state index in [1.54, 1.807) is 30.3 Å². The molecule has 0 aromatic heterocycles. The van der Waals surface area contributed by atoms with Crippen molar-refractivity contribution in [1.29, 1.82) is 0 Å². The molecule has 3 rings (SSSR count). The van der Waals surface area contributed by atoms with Gasteiger partial charge in [0.15, 0.2) is 6.04 Å². The van der Waals surface area contributed by atoms with Crippen LogP contribution in [0.5, 0.6) is 0 Å². The summed E-state index contributed by atoms with van der Waals surface area (Å²) in [6, 6.07) is 8.76. The second-order valence-corrected chi connectivity index (χ2v) is 8.32. The summed E-state index contributed by atoms with van der Waals surface area (Å²) in [5, 5.41) is 3.03. The van der Waals surface area contributed by atoms with Crippen molar-refractivity contribution in [1.82, 2.24) is 9.62 Å². The van der Waals surface area contributed by atoms with Gasteiger partial charge in [-0.15, -0.1) is 0 Å². The lowest BCUT2D eigenvalue weighted by molar-refractivity contribution is -0.917. The third-order valence-electron chi connectivity index (χ3n) is 4.68. The number of benzene rings is 1. The molecule has 2 N–H and O–H groups in total. The van der Waals surface area contributed by atoms with Crippen molar-refractivity contribution in [2.75, 3.05) is 26.2 Å². The van der Waals surface area contributed by atoms with Gasteiger partial charge in [-0.3, -0.25) is 4.79 Å². The Bertz CT molecular complexity index is 650. The van der Waals surface area contributed by atoms with Crippen molar-refractivity contribution in [2.24, 2.45) is 0 Å². The van der Waals surface area contributed by atoms with Crippen LogP contribution in [0.1, 0.15) is 19.8 Å². The van der Waals surface area contributed by atoms with Gasteiger partial charge in [0, 0.05) is 6.04 Å². The second-order valence-electron chi connectivity index (χ2n) is 6.38. The Morgan fingerprint density at radius 2 is 1.83 bits per heavy atom.